The summed E-state index contributed by atoms with van der Waals surface area (Å²) in [6.45, 7) is 8.92. The molecule has 3 aromatic heterocycles. The third-order valence-electron chi connectivity index (χ3n) is 6.76. The number of Topliss-reactive ketones (excluding diaryl/α,β-unsaturated/α-hetero) is 1. The van der Waals surface area contributed by atoms with E-state index in [0.717, 1.165) is 23.0 Å². The molecule has 1 saturated heterocycles. The number of carbonyl (C=O) groups excluding carboxylic acids is 4. The van der Waals surface area contributed by atoms with Crippen molar-refractivity contribution in [1.29, 1.82) is 0 Å². The van der Waals surface area contributed by atoms with Gasteiger partial charge < -0.3 is 15.4 Å². The van der Waals surface area contributed by atoms with E-state index in [4.69, 9.17) is 4.74 Å². The Bertz CT molecular complexity index is 1730. The van der Waals surface area contributed by atoms with E-state index < -0.39 is 29.2 Å². The zero-order chi connectivity index (χ0) is 32.3. The van der Waals surface area contributed by atoms with Crippen LogP contribution in [0.15, 0.2) is 58.7 Å². The number of hydrogen-bond donors (Lipinski definition) is 4. The number of aromatic amines is 1. The van der Waals surface area contributed by atoms with Gasteiger partial charge in [0.05, 0.1) is 24.3 Å². The number of fused-ring (bicyclic) bond motifs is 1. The summed E-state index contributed by atoms with van der Waals surface area (Å²) in [4.78, 5) is 56.3. The van der Waals surface area contributed by atoms with E-state index in [1.807, 2.05) is 64.2 Å². The number of aromatic nitrogens is 5. The first-order valence-corrected chi connectivity index (χ1v) is 15.1. The Labute approximate surface area is 263 Å². The van der Waals surface area contributed by atoms with Crippen molar-refractivity contribution >= 4 is 58.1 Å². The van der Waals surface area contributed by atoms with Crippen LogP contribution in [0.25, 0.3) is 5.52 Å². The van der Waals surface area contributed by atoms with Crippen LogP contribution >= 0.6 is 11.8 Å². The van der Waals surface area contributed by atoms with Gasteiger partial charge >= 0.3 is 0 Å². The van der Waals surface area contributed by atoms with Crippen LogP contribution in [0, 0.1) is 6.92 Å². The minimum absolute atomic E-state index is 0.108. The summed E-state index contributed by atoms with van der Waals surface area (Å²) in [5.74, 6) is -1.47. The fourth-order valence-corrected chi connectivity index (χ4v) is 5.68. The van der Waals surface area contributed by atoms with E-state index in [1.165, 1.54) is 11.8 Å². The molecule has 0 saturated carbocycles. The number of benzene rings is 1. The number of anilines is 3. The Morgan fingerprint density at radius 1 is 1.13 bits per heavy atom. The monoisotopic (exact) mass is 633 g/mol. The van der Waals surface area contributed by atoms with E-state index in [9.17, 15) is 19.2 Å². The molecule has 2 unspecified atom stereocenters. The number of ether oxygens (including phenoxy) is 1. The van der Waals surface area contributed by atoms with Gasteiger partial charge in [-0.2, -0.15) is 5.10 Å². The lowest BCUT2D eigenvalue weighted by Crippen LogP contribution is -2.48. The molecule has 0 aliphatic carbocycles. The summed E-state index contributed by atoms with van der Waals surface area (Å²) in [5, 5.41) is 20.5. The molecule has 0 bridgehead atoms. The summed E-state index contributed by atoms with van der Waals surface area (Å²) in [5.41, 5.74) is 1.83. The van der Waals surface area contributed by atoms with Gasteiger partial charge in [0.15, 0.2) is 11.6 Å². The summed E-state index contributed by atoms with van der Waals surface area (Å²) < 4.78 is 7.79. The quantitative estimate of drug-likeness (QED) is 0.189. The van der Waals surface area contributed by atoms with Crippen molar-refractivity contribution in [2.75, 3.05) is 23.7 Å². The Morgan fingerprint density at radius 2 is 1.89 bits per heavy atom. The molecule has 1 aromatic carbocycles. The van der Waals surface area contributed by atoms with Crippen LogP contribution in [0.5, 0.6) is 0 Å². The number of H-pyrrole nitrogens is 1. The molecular weight excluding hydrogens is 598 g/mol. The molecular formula is C30H35N9O5S. The van der Waals surface area contributed by atoms with Crippen LogP contribution in [-0.2, 0) is 23.9 Å². The van der Waals surface area contributed by atoms with Crippen molar-refractivity contribution in [2.24, 2.45) is 0 Å². The second-order valence-electron chi connectivity index (χ2n) is 11.7. The van der Waals surface area contributed by atoms with Crippen molar-refractivity contribution in [3.8, 4) is 0 Å². The highest BCUT2D eigenvalue weighted by Crippen LogP contribution is 2.29. The lowest BCUT2D eigenvalue weighted by atomic mass is 10.1. The summed E-state index contributed by atoms with van der Waals surface area (Å²) in [6.07, 6.45) is 1.79. The second kappa shape index (κ2) is 13.2. The van der Waals surface area contributed by atoms with Gasteiger partial charge in [-0.3, -0.25) is 34.5 Å². The van der Waals surface area contributed by atoms with Gasteiger partial charge in [0.1, 0.15) is 5.52 Å². The van der Waals surface area contributed by atoms with E-state index in [1.54, 1.807) is 21.5 Å². The standard InChI is InChI=1S/C30H35N9O5S/c1-17-13-24(36-35-17)32-26-22-7-6-12-39(22)37-29(33-26)45-21-10-8-19(9-11-21)31-25(41)16-38-15-20(44-30(3,4)5)14-23(38)28(43)34-27(42)18(2)40/h6-13,20,23H,14-16H2,1-5H3,(H,31,41)(H,34,42,43)(H2,32,33,35,36,37). The predicted molar refractivity (Wildman–Crippen MR) is 167 cm³/mol. The molecule has 1 aliphatic heterocycles. The average Bonchev–Trinajstić information content (AvgIpc) is 3.69. The highest BCUT2D eigenvalue weighted by Gasteiger charge is 2.40. The first kappa shape index (κ1) is 31.8. The SMILES string of the molecule is CC(=O)C(=O)NC(=O)C1CC(OC(C)(C)C)CN1CC(=O)Nc1ccc(Sc2nc(Nc3cc(C)[nH]n3)c3cccn3n2)cc1. The maximum absolute atomic E-state index is 13.0. The maximum atomic E-state index is 13.0. The van der Waals surface area contributed by atoms with Crippen molar-refractivity contribution in [1.82, 2.24) is 35.0 Å². The van der Waals surface area contributed by atoms with Crippen molar-refractivity contribution in [3.63, 3.8) is 0 Å². The van der Waals surface area contributed by atoms with Gasteiger partial charge in [0.25, 0.3) is 5.91 Å². The number of ketones is 1. The van der Waals surface area contributed by atoms with Gasteiger partial charge in [-0.1, -0.05) is 0 Å². The fraction of sp³-hybridized carbons (Fsp3) is 0.367. The summed E-state index contributed by atoms with van der Waals surface area (Å²) in [7, 11) is 0. The molecule has 1 fully saturated rings. The molecule has 0 spiro atoms. The van der Waals surface area contributed by atoms with Gasteiger partial charge in [-0.15, -0.1) is 5.10 Å². The molecule has 0 radical (unpaired) electrons. The summed E-state index contributed by atoms with van der Waals surface area (Å²) >= 11 is 1.36. The Balaban J connectivity index is 1.22. The topological polar surface area (TPSA) is 176 Å². The number of imide groups is 1. The molecule has 5 rings (SSSR count). The fourth-order valence-electron chi connectivity index (χ4n) is 4.93. The molecule has 4 N–H and O–H groups in total. The van der Waals surface area contributed by atoms with Gasteiger partial charge in [0.2, 0.25) is 22.8 Å². The van der Waals surface area contributed by atoms with E-state index in [0.29, 0.717) is 29.0 Å². The second-order valence-corrected chi connectivity index (χ2v) is 12.8. The molecule has 4 heterocycles. The minimum atomic E-state index is -0.985. The normalized spacial score (nSPS) is 16.9. The van der Waals surface area contributed by atoms with Crippen molar-refractivity contribution in [3.05, 3.63) is 54.4 Å². The highest BCUT2D eigenvalue weighted by molar-refractivity contribution is 7.99. The first-order chi connectivity index (χ1) is 21.3. The van der Waals surface area contributed by atoms with Gasteiger partial charge in [0, 0.05) is 42.0 Å². The van der Waals surface area contributed by atoms with Crippen LogP contribution in [-0.4, -0.2) is 84.0 Å². The number of amides is 3. The highest BCUT2D eigenvalue weighted by atomic mass is 32.2. The maximum Gasteiger partial charge on any atom is 0.293 e. The van der Waals surface area contributed by atoms with Crippen molar-refractivity contribution < 1.29 is 23.9 Å². The largest absolute Gasteiger partial charge is 0.371 e. The number of likely N-dealkylation sites (tertiary alicyclic amines) is 1. The molecule has 14 nitrogen and oxygen atoms in total. The van der Waals surface area contributed by atoms with Crippen LogP contribution in [0.3, 0.4) is 0 Å². The Hall–Kier alpha value is -4.60. The molecule has 4 aromatic rings. The molecule has 1 aliphatic rings. The molecule has 2 atom stereocenters. The third kappa shape index (κ3) is 8.32. The first-order valence-electron chi connectivity index (χ1n) is 14.3. The Morgan fingerprint density at radius 3 is 2.56 bits per heavy atom. The Kier molecular flexibility index (Phi) is 9.32. The molecule has 15 heteroatoms. The minimum Gasteiger partial charge on any atom is -0.371 e. The number of nitrogens with zero attached hydrogens (tertiary/aromatic N) is 5. The zero-order valence-electron chi connectivity index (χ0n) is 25.6. The van der Waals surface area contributed by atoms with Gasteiger partial charge in [-0.25, -0.2) is 9.50 Å². The number of aryl methyl sites for hydroxylation is 1. The van der Waals surface area contributed by atoms with Crippen LogP contribution in [0.4, 0.5) is 17.3 Å². The van der Waals surface area contributed by atoms with Crippen LogP contribution < -0.4 is 16.0 Å². The van der Waals surface area contributed by atoms with Crippen LogP contribution in [0.2, 0.25) is 0 Å². The molecule has 3 amide bonds. The lowest BCUT2D eigenvalue weighted by Gasteiger charge is -2.25. The van der Waals surface area contributed by atoms with Crippen LogP contribution in [0.1, 0.15) is 39.8 Å². The molecule has 45 heavy (non-hydrogen) atoms. The molecule has 236 valence electrons. The number of nitrogens with one attached hydrogen (secondary N) is 4. The van der Waals surface area contributed by atoms with E-state index >= 15 is 0 Å². The van der Waals surface area contributed by atoms with Crippen molar-refractivity contribution in [2.45, 2.75) is 68.8 Å². The zero-order valence-corrected chi connectivity index (χ0v) is 26.4. The van der Waals surface area contributed by atoms with E-state index in [-0.39, 0.29) is 25.0 Å². The number of carbonyl (C=O) groups is 4. The van der Waals surface area contributed by atoms with Gasteiger partial charge in [-0.05, 0) is 82.3 Å². The third-order valence-corrected chi connectivity index (χ3v) is 7.63. The average molecular weight is 634 g/mol. The number of hydrogen-bond acceptors (Lipinski definition) is 11. The lowest BCUT2D eigenvalue weighted by molar-refractivity contribution is -0.141. The smallest absolute Gasteiger partial charge is 0.293 e. The predicted octanol–water partition coefficient (Wildman–Crippen LogP) is 3.08. The summed E-state index contributed by atoms with van der Waals surface area (Å²) in [6, 6.07) is 12.1. The number of rotatable bonds is 10. The van der Waals surface area contributed by atoms with E-state index in [2.05, 4.69) is 36.2 Å².